The highest BCUT2D eigenvalue weighted by molar-refractivity contribution is 6.04. The summed E-state index contributed by atoms with van der Waals surface area (Å²) in [5.41, 5.74) is -1.95. The van der Waals surface area contributed by atoms with E-state index in [9.17, 15) is 19.2 Å². The van der Waals surface area contributed by atoms with E-state index in [0.29, 0.717) is 30.6 Å². The summed E-state index contributed by atoms with van der Waals surface area (Å²) < 4.78 is 5.70. The first-order valence-electron chi connectivity index (χ1n) is 9.64. The number of nitrogens with one attached hydrogen (secondary N) is 1. The predicted octanol–water partition coefficient (Wildman–Crippen LogP) is 3.42. The molecule has 1 saturated heterocycles. The molecule has 2 fully saturated rings. The molecule has 1 unspecified atom stereocenters. The van der Waals surface area contributed by atoms with Crippen molar-refractivity contribution in [2.45, 2.75) is 40.0 Å². The molecule has 2 amide bonds. The van der Waals surface area contributed by atoms with Gasteiger partial charge in [-0.1, -0.05) is 32.0 Å². The molecule has 0 spiro atoms. The van der Waals surface area contributed by atoms with Crippen molar-refractivity contribution in [3.8, 4) is 5.75 Å². The molecule has 6 heteroatoms. The standard InChI is InChI=1S/C23H23NO5/c1-21-11-22(2,19(27)24-18(21)26)13-23(3,12-21)20(28)29-17-7-6-15-8-14(10-25)4-5-16(15)9-17/h4-10H,11-13H2,1-3H3,(H,24,26,27)/t21-,22+,23?. The molecule has 2 aromatic carbocycles. The molecule has 3 atom stereocenters. The lowest BCUT2D eigenvalue weighted by molar-refractivity contribution is -0.169. The van der Waals surface area contributed by atoms with Gasteiger partial charge in [0.1, 0.15) is 12.0 Å². The lowest BCUT2D eigenvalue weighted by Gasteiger charge is -2.52. The van der Waals surface area contributed by atoms with Crippen LogP contribution >= 0.6 is 0 Å². The van der Waals surface area contributed by atoms with Crippen LogP contribution in [-0.4, -0.2) is 24.1 Å². The highest BCUT2D eigenvalue weighted by Crippen LogP contribution is 2.56. The van der Waals surface area contributed by atoms with Crippen molar-refractivity contribution >= 4 is 34.8 Å². The second kappa shape index (κ2) is 6.24. The number of carbonyl (C=O) groups is 4. The van der Waals surface area contributed by atoms with E-state index >= 15 is 0 Å². The minimum absolute atomic E-state index is 0.323. The van der Waals surface area contributed by atoms with Gasteiger partial charge in [0.2, 0.25) is 11.8 Å². The first kappa shape index (κ1) is 19.3. The minimum atomic E-state index is -0.953. The van der Waals surface area contributed by atoms with Crippen molar-refractivity contribution in [2.75, 3.05) is 0 Å². The van der Waals surface area contributed by atoms with Gasteiger partial charge in [0.25, 0.3) is 0 Å². The van der Waals surface area contributed by atoms with Gasteiger partial charge in [0.05, 0.1) is 5.41 Å². The zero-order valence-electron chi connectivity index (χ0n) is 16.7. The fourth-order valence-electron chi connectivity index (χ4n) is 5.25. The van der Waals surface area contributed by atoms with Gasteiger partial charge < -0.3 is 4.74 Å². The van der Waals surface area contributed by atoms with E-state index in [1.54, 1.807) is 57.2 Å². The Morgan fingerprint density at radius 3 is 2.14 bits per heavy atom. The van der Waals surface area contributed by atoms with Gasteiger partial charge in [-0.05, 0) is 55.2 Å². The Hall–Kier alpha value is -3.02. The third-order valence-corrected chi connectivity index (χ3v) is 6.34. The van der Waals surface area contributed by atoms with Crippen molar-refractivity contribution in [2.24, 2.45) is 16.2 Å². The highest BCUT2D eigenvalue weighted by atomic mass is 16.5. The van der Waals surface area contributed by atoms with Crippen molar-refractivity contribution in [1.82, 2.24) is 5.32 Å². The molecule has 2 bridgehead atoms. The van der Waals surface area contributed by atoms with Crippen LogP contribution < -0.4 is 10.1 Å². The van der Waals surface area contributed by atoms with Crippen molar-refractivity contribution < 1.29 is 23.9 Å². The molecule has 2 aromatic rings. The van der Waals surface area contributed by atoms with Crippen LogP contribution in [-0.2, 0) is 14.4 Å². The summed E-state index contributed by atoms with van der Waals surface area (Å²) in [7, 11) is 0. The molecule has 2 aliphatic rings. The first-order valence-corrected chi connectivity index (χ1v) is 9.64. The van der Waals surface area contributed by atoms with Crippen molar-refractivity contribution in [1.29, 1.82) is 0 Å². The van der Waals surface area contributed by atoms with Crippen LogP contribution in [0.5, 0.6) is 5.75 Å². The van der Waals surface area contributed by atoms with E-state index in [0.717, 1.165) is 17.1 Å². The number of fused-ring (bicyclic) bond motifs is 3. The van der Waals surface area contributed by atoms with E-state index in [1.165, 1.54) is 0 Å². The maximum absolute atomic E-state index is 13.1. The summed E-state index contributed by atoms with van der Waals surface area (Å²) in [5, 5.41) is 4.18. The van der Waals surface area contributed by atoms with Crippen LogP contribution in [0.25, 0.3) is 10.8 Å². The zero-order chi connectivity index (χ0) is 21.0. The Morgan fingerprint density at radius 1 is 0.931 bits per heavy atom. The smallest absolute Gasteiger partial charge is 0.317 e. The van der Waals surface area contributed by atoms with E-state index < -0.39 is 22.2 Å². The zero-order valence-corrected chi connectivity index (χ0v) is 16.7. The van der Waals surface area contributed by atoms with Crippen LogP contribution in [0.4, 0.5) is 0 Å². The largest absolute Gasteiger partial charge is 0.426 e. The number of piperidine rings is 1. The number of amides is 2. The number of carbonyl (C=O) groups excluding carboxylic acids is 4. The quantitative estimate of drug-likeness (QED) is 0.374. The number of aldehydes is 1. The summed E-state index contributed by atoms with van der Waals surface area (Å²) in [4.78, 5) is 49.0. The fraction of sp³-hybridized carbons (Fsp3) is 0.391. The van der Waals surface area contributed by atoms with E-state index in [-0.39, 0.29) is 11.8 Å². The Morgan fingerprint density at radius 2 is 1.52 bits per heavy atom. The average molecular weight is 393 g/mol. The lowest BCUT2D eigenvalue weighted by atomic mass is 9.52. The van der Waals surface area contributed by atoms with Gasteiger partial charge in [-0.3, -0.25) is 24.5 Å². The number of imide groups is 1. The molecule has 1 saturated carbocycles. The van der Waals surface area contributed by atoms with E-state index in [4.69, 9.17) is 4.74 Å². The van der Waals surface area contributed by atoms with Gasteiger partial charge in [-0.25, -0.2) is 0 Å². The van der Waals surface area contributed by atoms with E-state index in [1.807, 2.05) is 0 Å². The van der Waals surface area contributed by atoms with Gasteiger partial charge in [0, 0.05) is 16.4 Å². The molecule has 4 rings (SSSR count). The van der Waals surface area contributed by atoms with Crippen LogP contribution in [0.1, 0.15) is 50.4 Å². The third kappa shape index (κ3) is 3.12. The topological polar surface area (TPSA) is 89.5 Å². The average Bonchev–Trinajstić information content (AvgIpc) is 2.65. The molecule has 0 radical (unpaired) electrons. The first-order chi connectivity index (χ1) is 13.6. The Balaban J connectivity index is 1.62. The summed E-state index contributed by atoms with van der Waals surface area (Å²) in [5.74, 6) is -0.698. The number of hydrogen-bond acceptors (Lipinski definition) is 5. The Bertz CT molecular complexity index is 1050. The van der Waals surface area contributed by atoms with Gasteiger partial charge in [0.15, 0.2) is 0 Å². The molecular weight excluding hydrogens is 370 g/mol. The summed E-state index contributed by atoms with van der Waals surface area (Å²) in [6.07, 6.45) is 1.86. The molecule has 29 heavy (non-hydrogen) atoms. The number of hydrogen-bond donors (Lipinski definition) is 1. The number of rotatable bonds is 3. The maximum Gasteiger partial charge on any atom is 0.317 e. The van der Waals surface area contributed by atoms with E-state index in [2.05, 4.69) is 5.32 Å². The summed E-state index contributed by atoms with van der Waals surface area (Å²) >= 11 is 0. The summed E-state index contributed by atoms with van der Waals surface area (Å²) in [6, 6.07) is 10.5. The third-order valence-electron chi connectivity index (χ3n) is 6.34. The Kier molecular flexibility index (Phi) is 4.15. The predicted molar refractivity (Wildman–Crippen MR) is 106 cm³/mol. The molecule has 1 N–H and O–H groups in total. The number of benzene rings is 2. The van der Waals surface area contributed by atoms with Crippen LogP contribution in [0.15, 0.2) is 36.4 Å². The second-order valence-corrected chi connectivity index (χ2v) is 9.27. The second-order valence-electron chi connectivity index (χ2n) is 9.27. The normalized spacial score (nSPS) is 31.3. The van der Waals surface area contributed by atoms with Crippen LogP contribution in [0.3, 0.4) is 0 Å². The number of ether oxygens (including phenoxy) is 1. The molecule has 6 nitrogen and oxygen atoms in total. The highest BCUT2D eigenvalue weighted by Gasteiger charge is 2.61. The fourth-order valence-corrected chi connectivity index (χ4v) is 5.25. The molecule has 1 aliphatic carbocycles. The molecule has 150 valence electrons. The van der Waals surface area contributed by atoms with Gasteiger partial charge in [-0.15, -0.1) is 0 Å². The van der Waals surface area contributed by atoms with Crippen molar-refractivity contribution in [3.05, 3.63) is 42.0 Å². The molecule has 1 aliphatic heterocycles. The molecule has 1 heterocycles. The van der Waals surface area contributed by atoms with Crippen molar-refractivity contribution in [3.63, 3.8) is 0 Å². The molecular formula is C23H23NO5. The van der Waals surface area contributed by atoms with Gasteiger partial charge in [-0.2, -0.15) is 0 Å². The Labute approximate surface area is 168 Å². The maximum atomic E-state index is 13.1. The number of esters is 1. The SMILES string of the molecule is CC1(C(=O)Oc2ccc3cc(C=O)ccc3c2)C[C@@]2(C)C[C@@](C)(C1)C(=O)NC2=O. The van der Waals surface area contributed by atoms with Crippen LogP contribution in [0.2, 0.25) is 0 Å². The minimum Gasteiger partial charge on any atom is -0.426 e. The molecule has 0 aromatic heterocycles. The van der Waals surface area contributed by atoms with Gasteiger partial charge >= 0.3 is 5.97 Å². The van der Waals surface area contributed by atoms with Crippen LogP contribution in [0, 0.1) is 16.2 Å². The lowest BCUT2D eigenvalue weighted by Crippen LogP contribution is -2.63. The summed E-state index contributed by atoms with van der Waals surface area (Å²) in [6.45, 7) is 5.38. The monoisotopic (exact) mass is 393 g/mol.